The quantitative estimate of drug-likeness (QED) is 0.352. The van der Waals surface area contributed by atoms with E-state index >= 15 is 0 Å². The molecule has 13 heteroatoms. The summed E-state index contributed by atoms with van der Waals surface area (Å²) in [4.78, 5) is 34.7. The zero-order chi connectivity index (χ0) is 24.3. The summed E-state index contributed by atoms with van der Waals surface area (Å²) in [6.07, 6.45) is -1.83. The van der Waals surface area contributed by atoms with Gasteiger partial charge in [-0.15, -0.1) is 5.10 Å². The second kappa shape index (κ2) is 9.98. The van der Waals surface area contributed by atoms with E-state index in [0.29, 0.717) is 0 Å². The Balaban J connectivity index is 2.00. The molecule has 3 unspecified atom stereocenters. The van der Waals surface area contributed by atoms with Crippen LogP contribution in [0.1, 0.15) is 26.8 Å². The zero-order valence-electron chi connectivity index (χ0n) is 17.8. The number of nitrogens with zero attached hydrogens (tertiary/aromatic N) is 3. The molecule has 2 heterocycles. The Morgan fingerprint density at radius 3 is 2.27 bits per heavy atom. The van der Waals surface area contributed by atoms with Gasteiger partial charge in [0, 0.05) is 26.3 Å². The summed E-state index contributed by atoms with van der Waals surface area (Å²) in [7, 11) is 0. The first-order chi connectivity index (χ1) is 15.6. The maximum Gasteiger partial charge on any atom is 0.303 e. The van der Waals surface area contributed by atoms with Crippen molar-refractivity contribution in [3.8, 4) is 11.3 Å². The summed E-state index contributed by atoms with van der Waals surface area (Å²) < 4.78 is 63.1. The van der Waals surface area contributed by atoms with Gasteiger partial charge in [-0.05, 0) is 12.1 Å². The number of hydrogen-bond donors (Lipinski definition) is 0. The van der Waals surface area contributed by atoms with Crippen molar-refractivity contribution in [2.75, 3.05) is 13.2 Å². The van der Waals surface area contributed by atoms with Crippen LogP contribution in [0.4, 0.5) is 13.2 Å². The number of esters is 3. The maximum atomic E-state index is 13.7. The number of ether oxygens (including phenoxy) is 4. The molecule has 1 aliphatic heterocycles. The fraction of sp³-hybridized carbons (Fsp3) is 0.450. The molecule has 1 saturated heterocycles. The Morgan fingerprint density at radius 2 is 1.70 bits per heavy atom. The lowest BCUT2D eigenvalue weighted by molar-refractivity contribution is -0.205. The largest absolute Gasteiger partial charge is 0.463 e. The number of carbonyl (C=O) groups is 3. The Kier molecular flexibility index (Phi) is 7.31. The minimum absolute atomic E-state index is 0.0287. The maximum absolute atomic E-state index is 13.7. The van der Waals surface area contributed by atoms with Gasteiger partial charge in [-0.1, -0.05) is 5.21 Å². The van der Waals surface area contributed by atoms with Crippen LogP contribution in [-0.4, -0.2) is 64.4 Å². The van der Waals surface area contributed by atoms with Crippen molar-refractivity contribution in [3.05, 3.63) is 35.8 Å². The van der Waals surface area contributed by atoms with Gasteiger partial charge < -0.3 is 18.9 Å². The van der Waals surface area contributed by atoms with E-state index in [2.05, 4.69) is 10.3 Å². The van der Waals surface area contributed by atoms with Crippen molar-refractivity contribution in [1.29, 1.82) is 0 Å². The predicted molar refractivity (Wildman–Crippen MR) is 102 cm³/mol. The first-order valence-electron chi connectivity index (χ1n) is 9.73. The molecule has 3 rings (SSSR count). The fourth-order valence-corrected chi connectivity index (χ4v) is 3.42. The van der Waals surface area contributed by atoms with Crippen LogP contribution >= 0.6 is 0 Å². The van der Waals surface area contributed by atoms with Gasteiger partial charge >= 0.3 is 17.9 Å². The van der Waals surface area contributed by atoms with E-state index < -0.39 is 59.7 Å². The van der Waals surface area contributed by atoms with Gasteiger partial charge in [0.05, 0.1) is 12.8 Å². The normalized spacial score (nSPS) is 22.5. The first-order valence-corrected chi connectivity index (χ1v) is 9.73. The van der Waals surface area contributed by atoms with Gasteiger partial charge in [0.2, 0.25) is 0 Å². The highest BCUT2D eigenvalue weighted by Gasteiger charge is 2.46. The smallest absolute Gasteiger partial charge is 0.303 e. The Morgan fingerprint density at radius 1 is 1.06 bits per heavy atom. The topological polar surface area (TPSA) is 119 Å². The predicted octanol–water partition coefficient (Wildman–Crippen LogP) is 1.73. The summed E-state index contributed by atoms with van der Waals surface area (Å²) in [5.41, 5.74) is -0.131. The van der Waals surface area contributed by atoms with Crippen molar-refractivity contribution in [2.24, 2.45) is 0 Å². The molecule has 10 nitrogen and oxygen atoms in total. The van der Waals surface area contributed by atoms with Crippen LogP contribution in [0.5, 0.6) is 0 Å². The molecule has 0 amide bonds. The Bertz CT molecular complexity index is 1040. The van der Waals surface area contributed by atoms with Gasteiger partial charge in [0.1, 0.15) is 24.4 Å². The van der Waals surface area contributed by atoms with Crippen LogP contribution in [0.2, 0.25) is 0 Å². The van der Waals surface area contributed by atoms with E-state index in [4.69, 9.17) is 18.9 Å². The lowest BCUT2D eigenvalue weighted by Gasteiger charge is -2.40. The minimum Gasteiger partial charge on any atom is -0.463 e. The number of rotatable bonds is 6. The number of aromatic nitrogens is 3. The molecule has 33 heavy (non-hydrogen) atoms. The number of carbonyl (C=O) groups excluding carboxylic acids is 3. The molecule has 4 atom stereocenters. The molecule has 1 aromatic carbocycles. The van der Waals surface area contributed by atoms with Gasteiger partial charge in [0.15, 0.2) is 29.7 Å². The summed E-state index contributed by atoms with van der Waals surface area (Å²) in [5.74, 6) is -6.41. The van der Waals surface area contributed by atoms with Crippen LogP contribution < -0.4 is 0 Å². The number of halogens is 3. The first kappa shape index (κ1) is 24.2. The van der Waals surface area contributed by atoms with Gasteiger partial charge in [-0.25, -0.2) is 17.9 Å². The van der Waals surface area contributed by atoms with Gasteiger partial charge in [0.25, 0.3) is 0 Å². The van der Waals surface area contributed by atoms with Crippen molar-refractivity contribution in [2.45, 2.75) is 45.1 Å². The SMILES string of the molecule is CC(=O)OCC1OCC(OC(C)=O)C(n2cc(-c3cc(F)c(F)c(F)c3)nn2)[C@H]1OC(C)=O. The van der Waals surface area contributed by atoms with E-state index in [9.17, 15) is 27.6 Å². The fourth-order valence-electron chi connectivity index (χ4n) is 3.42. The average molecular weight is 471 g/mol. The van der Waals surface area contributed by atoms with Crippen molar-refractivity contribution < 1.29 is 46.5 Å². The molecular formula is C20H20F3N3O7. The van der Waals surface area contributed by atoms with Gasteiger partial charge in [-0.2, -0.15) is 0 Å². The molecule has 0 bridgehead atoms. The third-order valence-corrected chi connectivity index (χ3v) is 4.72. The summed E-state index contributed by atoms with van der Waals surface area (Å²) in [6, 6.07) is 0.490. The van der Waals surface area contributed by atoms with E-state index in [1.165, 1.54) is 24.7 Å². The van der Waals surface area contributed by atoms with E-state index in [-0.39, 0.29) is 24.5 Å². The standard InChI is InChI=1S/C20H20F3N3O7/c1-9(27)30-8-17-20(33-11(3)29)19(16(7-31-17)32-10(2)28)26-6-15(24-25-26)12-4-13(21)18(23)14(22)5-12/h4-6,16-17,19-20H,7-8H2,1-3H3/t16?,17?,19?,20-/m0/s1. The summed E-state index contributed by atoms with van der Waals surface area (Å²) >= 11 is 0. The van der Waals surface area contributed by atoms with E-state index in [1.807, 2.05) is 0 Å². The second-order valence-corrected chi connectivity index (χ2v) is 7.22. The molecule has 0 radical (unpaired) electrons. The monoisotopic (exact) mass is 471 g/mol. The highest BCUT2D eigenvalue weighted by molar-refractivity contribution is 5.67. The lowest BCUT2D eigenvalue weighted by atomic mass is 9.97. The molecule has 1 aromatic heterocycles. The second-order valence-electron chi connectivity index (χ2n) is 7.22. The van der Waals surface area contributed by atoms with E-state index in [0.717, 1.165) is 19.1 Å². The molecule has 0 spiro atoms. The molecule has 1 aliphatic rings. The zero-order valence-corrected chi connectivity index (χ0v) is 17.8. The third kappa shape index (κ3) is 5.66. The molecule has 2 aromatic rings. The molecule has 0 aliphatic carbocycles. The van der Waals surface area contributed by atoms with Crippen LogP contribution in [0, 0.1) is 17.5 Å². The molecule has 0 N–H and O–H groups in total. The van der Waals surface area contributed by atoms with Crippen molar-refractivity contribution >= 4 is 17.9 Å². The van der Waals surface area contributed by atoms with Crippen LogP contribution in [0.15, 0.2) is 18.3 Å². The lowest BCUT2D eigenvalue weighted by Crippen LogP contribution is -2.54. The van der Waals surface area contributed by atoms with Crippen LogP contribution in [0.3, 0.4) is 0 Å². The van der Waals surface area contributed by atoms with Crippen LogP contribution in [0.25, 0.3) is 11.3 Å². The third-order valence-electron chi connectivity index (χ3n) is 4.72. The molecule has 0 saturated carbocycles. The van der Waals surface area contributed by atoms with Crippen molar-refractivity contribution in [3.63, 3.8) is 0 Å². The minimum atomic E-state index is -1.63. The number of benzene rings is 1. The molecule has 1 fully saturated rings. The number of hydrogen-bond acceptors (Lipinski definition) is 9. The Labute approximate surface area is 185 Å². The average Bonchev–Trinajstić information content (AvgIpc) is 3.20. The van der Waals surface area contributed by atoms with E-state index in [1.54, 1.807) is 0 Å². The Hall–Kier alpha value is -3.48. The van der Waals surface area contributed by atoms with Gasteiger partial charge in [-0.3, -0.25) is 14.4 Å². The van der Waals surface area contributed by atoms with Crippen molar-refractivity contribution in [1.82, 2.24) is 15.0 Å². The highest BCUT2D eigenvalue weighted by Crippen LogP contribution is 2.32. The van der Waals surface area contributed by atoms with Crippen LogP contribution in [-0.2, 0) is 33.3 Å². The molecule has 178 valence electrons. The summed E-state index contributed by atoms with van der Waals surface area (Å²) in [5, 5.41) is 7.77. The highest BCUT2D eigenvalue weighted by atomic mass is 19.2. The molecular weight excluding hydrogens is 451 g/mol. The summed E-state index contributed by atoms with van der Waals surface area (Å²) in [6.45, 7) is 3.06.